The molecule has 0 heterocycles. The molecule has 0 radical (unpaired) electrons. The molecule has 1 aliphatic carbocycles. The predicted molar refractivity (Wildman–Crippen MR) is 90.8 cm³/mol. The molecule has 1 saturated carbocycles. The average Bonchev–Trinajstić information content (AvgIpc) is 2.55. The molecule has 1 aromatic rings. The number of hydrogen-bond acceptors (Lipinski definition) is 4. The molecule has 0 spiro atoms. The maximum atomic E-state index is 12.1. The van der Waals surface area contributed by atoms with Crippen molar-refractivity contribution in [2.45, 2.75) is 38.6 Å². The van der Waals surface area contributed by atoms with Gasteiger partial charge in [0.2, 0.25) is 5.91 Å². The molecule has 1 fully saturated rings. The van der Waals surface area contributed by atoms with Crippen LogP contribution >= 0.6 is 11.6 Å². The summed E-state index contributed by atoms with van der Waals surface area (Å²) in [5.41, 5.74) is 0.933. The number of methoxy groups -OCH3 is 1. The van der Waals surface area contributed by atoms with Gasteiger partial charge >= 0.3 is 5.97 Å². The molecule has 0 aliphatic heterocycles. The van der Waals surface area contributed by atoms with Crippen LogP contribution < -0.4 is 10.6 Å². The van der Waals surface area contributed by atoms with E-state index in [4.69, 9.17) is 11.6 Å². The minimum atomic E-state index is -0.501. The van der Waals surface area contributed by atoms with Crippen molar-refractivity contribution in [3.05, 3.63) is 28.8 Å². The maximum Gasteiger partial charge on any atom is 0.339 e. The van der Waals surface area contributed by atoms with Gasteiger partial charge in [0.15, 0.2) is 0 Å². The Bertz CT molecular complexity index is 577. The van der Waals surface area contributed by atoms with Crippen molar-refractivity contribution >= 4 is 29.2 Å². The predicted octanol–water partition coefficient (Wildman–Crippen LogP) is 3.23. The second kappa shape index (κ2) is 8.20. The average molecular weight is 339 g/mol. The zero-order valence-corrected chi connectivity index (χ0v) is 14.3. The van der Waals surface area contributed by atoms with E-state index in [2.05, 4.69) is 22.3 Å². The summed E-state index contributed by atoms with van der Waals surface area (Å²) < 4.78 is 4.68. The third-order valence-corrected chi connectivity index (χ3v) is 4.61. The number of anilines is 1. The van der Waals surface area contributed by atoms with Crippen LogP contribution in [0, 0.1) is 5.92 Å². The standard InChI is InChI=1S/C17H23ClN2O3/c1-11-5-3-4-6-15(11)20-16(21)10-19-12-7-8-14(18)13(9-12)17(22)23-2/h7-9,11,15,19H,3-6,10H2,1-2H3,(H,20,21)/t11-,15+/m0/s1. The number of carbonyl (C=O) groups excluding carboxylic acids is 2. The summed E-state index contributed by atoms with van der Waals surface area (Å²) in [5.74, 6) is -0.0217. The Morgan fingerprint density at radius 3 is 2.74 bits per heavy atom. The largest absolute Gasteiger partial charge is 0.465 e. The molecular formula is C17H23ClN2O3. The van der Waals surface area contributed by atoms with Crippen LogP contribution in [0.3, 0.4) is 0 Å². The Labute approximate surface area is 141 Å². The Balaban J connectivity index is 1.90. The molecule has 126 valence electrons. The van der Waals surface area contributed by atoms with E-state index in [1.807, 2.05) is 0 Å². The van der Waals surface area contributed by atoms with Crippen molar-refractivity contribution in [1.82, 2.24) is 5.32 Å². The molecule has 0 bridgehead atoms. The molecule has 1 aliphatic rings. The molecule has 2 atom stereocenters. The fourth-order valence-corrected chi connectivity index (χ4v) is 3.07. The lowest BCUT2D eigenvalue weighted by Gasteiger charge is -2.29. The third kappa shape index (κ3) is 4.86. The van der Waals surface area contributed by atoms with Gasteiger partial charge in [-0.2, -0.15) is 0 Å². The molecule has 5 nitrogen and oxygen atoms in total. The first-order valence-corrected chi connectivity index (χ1v) is 8.30. The topological polar surface area (TPSA) is 67.4 Å². The highest BCUT2D eigenvalue weighted by Crippen LogP contribution is 2.24. The first-order chi connectivity index (χ1) is 11.0. The molecule has 1 aromatic carbocycles. The second-order valence-electron chi connectivity index (χ2n) is 5.98. The normalized spacial score (nSPS) is 20.7. The van der Waals surface area contributed by atoms with E-state index in [9.17, 15) is 9.59 Å². The molecule has 1 amide bonds. The van der Waals surface area contributed by atoms with Gasteiger partial charge in [-0.3, -0.25) is 4.79 Å². The van der Waals surface area contributed by atoms with Crippen molar-refractivity contribution in [3.8, 4) is 0 Å². The van der Waals surface area contributed by atoms with Crippen molar-refractivity contribution in [3.63, 3.8) is 0 Å². The number of nitrogens with one attached hydrogen (secondary N) is 2. The Hall–Kier alpha value is -1.75. The molecule has 0 saturated heterocycles. The van der Waals surface area contributed by atoms with Crippen molar-refractivity contribution in [2.75, 3.05) is 19.0 Å². The summed E-state index contributed by atoms with van der Waals surface area (Å²) in [7, 11) is 1.30. The van der Waals surface area contributed by atoms with Crippen LogP contribution in [0.4, 0.5) is 5.69 Å². The summed E-state index contributed by atoms with van der Waals surface area (Å²) in [6.07, 6.45) is 4.62. The summed E-state index contributed by atoms with van der Waals surface area (Å²) >= 11 is 5.97. The van der Waals surface area contributed by atoms with Crippen LogP contribution in [0.1, 0.15) is 43.0 Å². The van der Waals surface area contributed by atoms with E-state index in [1.165, 1.54) is 20.0 Å². The van der Waals surface area contributed by atoms with Crippen LogP contribution in [-0.4, -0.2) is 31.6 Å². The number of rotatable bonds is 5. The fourth-order valence-electron chi connectivity index (χ4n) is 2.87. The molecule has 2 rings (SSSR count). The second-order valence-corrected chi connectivity index (χ2v) is 6.38. The highest BCUT2D eigenvalue weighted by Gasteiger charge is 2.22. The van der Waals surface area contributed by atoms with Crippen LogP contribution in [0.5, 0.6) is 0 Å². The molecule has 0 aromatic heterocycles. The van der Waals surface area contributed by atoms with Gasteiger partial charge in [0.05, 0.1) is 24.2 Å². The quantitative estimate of drug-likeness (QED) is 0.809. The van der Waals surface area contributed by atoms with Gasteiger partial charge in [-0.05, 0) is 37.0 Å². The van der Waals surface area contributed by atoms with Gasteiger partial charge in [-0.1, -0.05) is 31.4 Å². The fraction of sp³-hybridized carbons (Fsp3) is 0.529. The third-order valence-electron chi connectivity index (χ3n) is 4.28. The van der Waals surface area contributed by atoms with Crippen molar-refractivity contribution < 1.29 is 14.3 Å². The molecule has 2 N–H and O–H groups in total. The van der Waals surface area contributed by atoms with Gasteiger partial charge in [-0.25, -0.2) is 4.79 Å². The molecule has 0 unspecified atom stereocenters. The SMILES string of the molecule is COC(=O)c1cc(NCC(=O)N[C@@H]2CCCC[C@@H]2C)ccc1Cl. The van der Waals surface area contributed by atoms with Gasteiger partial charge in [0.25, 0.3) is 0 Å². The Morgan fingerprint density at radius 2 is 2.04 bits per heavy atom. The summed E-state index contributed by atoms with van der Waals surface area (Å²) in [4.78, 5) is 23.7. The van der Waals surface area contributed by atoms with E-state index in [1.54, 1.807) is 18.2 Å². The number of ether oxygens (including phenoxy) is 1. The number of esters is 1. The zero-order valence-electron chi connectivity index (χ0n) is 13.5. The lowest BCUT2D eigenvalue weighted by molar-refractivity contribution is -0.120. The summed E-state index contributed by atoms with van der Waals surface area (Å²) in [5, 5.41) is 6.42. The molecule has 6 heteroatoms. The number of amides is 1. The first kappa shape index (κ1) is 17.6. The Morgan fingerprint density at radius 1 is 1.30 bits per heavy atom. The van der Waals surface area contributed by atoms with Crippen LogP contribution in [0.15, 0.2) is 18.2 Å². The molecule has 23 heavy (non-hydrogen) atoms. The minimum absolute atomic E-state index is 0.0432. The van der Waals surface area contributed by atoms with Crippen LogP contribution in [-0.2, 0) is 9.53 Å². The van der Waals surface area contributed by atoms with Gasteiger partial charge in [-0.15, -0.1) is 0 Å². The lowest BCUT2D eigenvalue weighted by Crippen LogP contribution is -2.43. The highest BCUT2D eigenvalue weighted by atomic mass is 35.5. The summed E-state index contributed by atoms with van der Waals surface area (Å²) in [6.45, 7) is 2.34. The van der Waals surface area contributed by atoms with E-state index in [-0.39, 0.29) is 24.1 Å². The maximum absolute atomic E-state index is 12.1. The monoisotopic (exact) mass is 338 g/mol. The van der Waals surface area contributed by atoms with Gasteiger partial charge < -0.3 is 15.4 Å². The summed E-state index contributed by atoms with van der Waals surface area (Å²) in [6, 6.07) is 5.18. The Kier molecular flexibility index (Phi) is 6.28. The van der Waals surface area contributed by atoms with Crippen molar-refractivity contribution in [2.24, 2.45) is 5.92 Å². The zero-order chi connectivity index (χ0) is 16.8. The van der Waals surface area contributed by atoms with Crippen molar-refractivity contribution in [1.29, 1.82) is 0 Å². The first-order valence-electron chi connectivity index (χ1n) is 7.92. The van der Waals surface area contributed by atoms with Crippen LogP contribution in [0.25, 0.3) is 0 Å². The van der Waals surface area contributed by atoms with E-state index < -0.39 is 5.97 Å². The lowest BCUT2D eigenvalue weighted by atomic mass is 9.86. The highest BCUT2D eigenvalue weighted by molar-refractivity contribution is 6.33. The number of benzene rings is 1. The van der Waals surface area contributed by atoms with Gasteiger partial charge in [0.1, 0.15) is 0 Å². The van der Waals surface area contributed by atoms with Gasteiger partial charge in [0, 0.05) is 11.7 Å². The molecular weight excluding hydrogens is 316 g/mol. The van der Waals surface area contributed by atoms with E-state index >= 15 is 0 Å². The number of halogens is 1. The van der Waals surface area contributed by atoms with E-state index in [0.29, 0.717) is 16.6 Å². The van der Waals surface area contributed by atoms with E-state index in [0.717, 1.165) is 12.8 Å². The number of hydrogen-bond donors (Lipinski definition) is 2. The minimum Gasteiger partial charge on any atom is -0.465 e. The number of carbonyl (C=O) groups is 2. The van der Waals surface area contributed by atoms with Crippen LogP contribution in [0.2, 0.25) is 5.02 Å². The smallest absolute Gasteiger partial charge is 0.339 e.